The number of hydrogen-bond acceptors (Lipinski definition) is 3. The Balaban J connectivity index is 1.90. The number of Topliss-reactive ketones (excluding diaryl/α,β-unsaturated/α-hetero) is 1. The average molecular weight is 312 g/mol. The van der Waals surface area contributed by atoms with Gasteiger partial charge in [0.25, 0.3) is 0 Å². The molecule has 0 amide bonds. The molecule has 2 fully saturated rings. The monoisotopic (exact) mass is 312 g/mol. The standard InChI is InChI=1S/C20H24O3/c1-4-11-8-10(3)9-12(5-2)15(11)18-19(21)16-13-6-7-14(23-13)17(16)20(18)22/h8-9,13-14,16-17,21H,4-7H2,1-3H3/t13-,14+,16?,17?/m1/s1. The predicted molar refractivity (Wildman–Crippen MR) is 89.4 cm³/mol. The van der Waals surface area contributed by atoms with Crippen LogP contribution >= 0.6 is 0 Å². The van der Waals surface area contributed by atoms with Gasteiger partial charge < -0.3 is 9.84 Å². The number of allylic oxidation sites excluding steroid dienone is 1. The average Bonchev–Trinajstić information content (AvgIpc) is 3.21. The molecule has 0 radical (unpaired) electrons. The summed E-state index contributed by atoms with van der Waals surface area (Å²) in [6.07, 6.45) is 3.70. The van der Waals surface area contributed by atoms with Gasteiger partial charge in [-0.05, 0) is 49.3 Å². The first-order valence-corrected chi connectivity index (χ1v) is 8.82. The van der Waals surface area contributed by atoms with E-state index in [1.54, 1.807) is 0 Å². The molecule has 2 saturated heterocycles. The van der Waals surface area contributed by atoms with Gasteiger partial charge in [0.05, 0.1) is 29.6 Å². The van der Waals surface area contributed by atoms with E-state index in [9.17, 15) is 9.90 Å². The predicted octanol–water partition coefficient (Wildman–Crippen LogP) is 3.77. The molecule has 3 heteroatoms. The first-order valence-electron chi connectivity index (χ1n) is 8.82. The fourth-order valence-corrected chi connectivity index (χ4v) is 4.89. The highest BCUT2D eigenvalue weighted by molar-refractivity contribution is 6.26. The summed E-state index contributed by atoms with van der Waals surface area (Å²) in [6.45, 7) is 6.32. The molecule has 1 N–H and O–H groups in total. The summed E-state index contributed by atoms with van der Waals surface area (Å²) in [5.41, 5.74) is 5.15. The Morgan fingerprint density at radius 3 is 2.17 bits per heavy atom. The number of carbonyl (C=O) groups is 1. The van der Waals surface area contributed by atoms with E-state index < -0.39 is 0 Å². The van der Waals surface area contributed by atoms with Crippen molar-refractivity contribution < 1.29 is 14.6 Å². The van der Waals surface area contributed by atoms with Crippen molar-refractivity contribution in [2.24, 2.45) is 11.8 Å². The van der Waals surface area contributed by atoms with E-state index in [0.29, 0.717) is 11.3 Å². The summed E-state index contributed by atoms with van der Waals surface area (Å²) >= 11 is 0. The van der Waals surface area contributed by atoms with Crippen molar-refractivity contribution in [2.45, 2.75) is 58.7 Å². The number of hydrogen-bond donors (Lipinski definition) is 1. The molecule has 2 heterocycles. The molecule has 4 rings (SSSR count). The van der Waals surface area contributed by atoms with Crippen LogP contribution in [0.15, 0.2) is 17.9 Å². The topological polar surface area (TPSA) is 46.5 Å². The second-order valence-corrected chi connectivity index (χ2v) is 7.13. The fourth-order valence-electron chi connectivity index (χ4n) is 4.89. The van der Waals surface area contributed by atoms with Crippen LogP contribution in [0, 0.1) is 18.8 Å². The first kappa shape index (κ1) is 14.9. The van der Waals surface area contributed by atoms with Gasteiger partial charge in [-0.3, -0.25) is 4.79 Å². The van der Waals surface area contributed by atoms with Crippen molar-refractivity contribution in [3.05, 3.63) is 40.1 Å². The lowest BCUT2D eigenvalue weighted by Gasteiger charge is -2.19. The maximum atomic E-state index is 13.1. The smallest absolute Gasteiger partial charge is 0.173 e. The zero-order chi connectivity index (χ0) is 16.3. The van der Waals surface area contributed by atoms with Gasteiger partial charge in [-0.1, -0.05) is 31.5 Å². The Kier molecular flexibility index (Phi) is 3.38. The number of aryl methyl sites for hydroxylation is 3. The van der Waals surface area contributed by atoms with Gasteiger partial charge in [-0.25, -0.2) is 0 Å². The molecule has 23 heavy (non-hydrogen) atoms. The zero-order valence-electron chi connectivity index (χ0n) is 14.1. The molecule has 3 nitrogen and oxygen atoms in total. The molecule has 1 aromatic carbocycles. The number of rotatable bonds is 3. The largest absolute Gasteiger partial charge is 0.511 e. The molecule has 2 aliphatic heterocycles. The van der Waals surface area contributed by atoms with Crippen LogP contribution in [-0.4, -0.2) is 23.1 Å². The lowest BCUT2D eigenvalue weighted by atomic mass is 9.80. The molecule has 0 aromatic heterocycles. The van der Waals surface area contributed by atoms with Crippen molar-refractivity contribution in [1.29, 1.82) is 0 Å². The van der Waals surface area contributed by atoms with Crippen LogP contribution in [0.1, 0.15) is 48.9 Å². The van der Waals surface area contributed by atoms with Crippen LogP contribution in [0.3, 0.4) is 0 Å². The minimum atomic E-state index is -0.153. The highest BCUT2D eigenvalue weighted by Crippen LogP contribution is 2.54. The van der Waals surface area contributed by atoms with Crippen LogP contribution in [0.2, 0.25) is 0 Å². The van der Waals surface area contributed by atoms with Crippen molar-refractivity contribution in [1.82, 2.24) is 0 Å². The van der Waals surface area contributed by atoms with Crippen molar-refractivity contribution in [3.63, 3.8) is 0 Å². The summed E-state index contributed by atoms with van der Waals surface area (Å²) < 4.78 is 5.88. The van der Waals surface area contributed by atoms with Gasteiger partial charge in [-0.2, -0.15) is 0 Å². The van der Waals surface area contributed by atoms with Gasteiger partial charge in [0.2, 0.25) is 0 Å². The molecule has 4 atom stereocenters. The number of fused-ring (bicyclic) bond motifs is 5. The maximum absolute atomic E-state index is 13.1. The molecule has 1 aromatic rings. The van der Waals surface area contributed by atoms with Crippen LogP contribution in [0.5, 0.6) is 0 Å². The van der Waals surface area contributed by atoms with Crippen LogP contribution < -0.4 is 0 Å². The second kappa shape index (κ2) is 5.20. The molecule has 0 spiro atoms. The second-order valence-electron chi connectivity index (χ2n) is 7.13. The van der Waals surface area contributed by atoms with E-state index in [-0.39, 0.29) is 29.8 Å². The summed E-state index contributed by atoms with van der Waals surface area (Å²) in [6, 6.07) is 4.31. The zero-order valence-corrected chi connectivity index (χ0v) is 14.1. The quantitative estimate of drug-likeness (QED) is 0.924. The Bertz CT molecular complexity index is 691. The molecule has 2 bridgehead atoms. The minimum absolute atomic E-state index is 0.0118. The lowest BCUT2D eigenvalue weighted by Crippen LogP contribution is -2.29. The van der Waals surface area contributed by atoms with Crippen LogP contribution in [-0.2, 0) is 22.4 Å². The number of ether oxygens (including phenoxy) is 1. The maximum Gasteiger partial charge on any atom is 0.173 e. The highest BCUT2D eigenvalue weighted by Gasteiger charge is 2.59. The number of aliphatic hydroxyl groups excluding tert-OH is 1. The Hall–Kier alpha value is -1.61. The molecule has 2 unspecified atom stereocenters. The SMILES string of the molecule is CCc1cc(C)cc(CC)c1C1=C(O)C2C(C1=O)[C@@H]1CC[C@H]2O1. The third-order valence-electron chi connectivity index (χ3n) is 5.85. The summed E-state index contributed by atoms with van der Waals surface area (Å²) in [7, 11) is 0. The highest BCUT2D eigenvalue weighted by atomic mass is 16.5. The molecule has 122 valence electrons. The molecular formula is C20H24O3. The van der Waals surface area contributed by atoms with Gasteiger partial charge in [-0.15, -0.1) is 0 Å². The van der Waals surface area contributed by atoms with E-state index >= 15 is 0 Å². The van der Waals surface area contributed by atoms with E-state index in [0.717, 1.165) is 31.2 Å². The Morgan fingerprint density at radius 1 is 1.09 bits per heavy atom. The van der Waals surface area contributed by atoms with Gasteiger partial charge in [0.15, 0.2) is 5.78 Å². The lowest BCUT2D eigenvalue weighted by molar-refractivity contribution is -0.118. The van der Waals surface area contributed by atoms with Gasteiger partial charge >= 0.3 is 0 Å². The summed E-state index contributed by atoms with van der Waals surface area (Å²) in [5, 5.41) is 10.9. The minimum Gasteiger partial charge on any atom is -0.511 e. The normalized spacial score (nSPS) is 32.0. The third kappa shape index (κ3) is 1.96. The number of benzene rings is 1. The van der Waals surface area contributed by atoms with Crippen molar-refractivity contribution in [2.75, 3.05) is 0 Å². The molecule has 3 aliphatic rings. The van der Waals surface area contributed by atoms with Crippen molar-refractivity contribution >= 4 is 11.4 Å². The van der Waals surface area contributed by atoms with E-state index in [1.807, 2.05) is 0 Å². The first-order chi connectivity index (χ1) is 11.1. The fraction of sp³-hybridized carbons (Fsp3) is 0.550. The Morgan fingerprint density at radius 2 is 1.65 bits per heavy atom. The third-order valence-corrected chi connectivity index (χ3v) is 5.85. The molecule has 1 aliphatic carbocycles. The number of carbonyl (C=O) groups excluding carboxylic acids is 1. The van der Waals surface area contributed by atoms with Crippen LogP contribution in [0.4, 0.5) is 0 Å². The number of ketones is 1. The van der Waals surface area contributed by atoms with Crippen LogP contribution in [0.25, 0.3) is 5.57 Å². The number of aliphatic hydroxyl groups is 1. The molecule has 0 saturated carbocycles. The Labute approximate surface area is 137 Å². The van der Waals surface area contributed by atoms with E-state index in [2.05, 4.69) is 32.9 Å². The van der Waals surface area contributed by atoms with Gasteiger partial charge in [0.1, 0.15) is 5.76 Å². The molecular weight excluding hydrogens is 288 g/mol. The van der Waals surface area contributed by atoms with Crippen molar-refractivity contribution in [3.8, 4) is 0 Å². The van der Waals surface area contributed by atoms with E-state index in [1.165, 1.54) is 16.7 Å². The van der Waals surface area contributed by atoms with Gasteiger partial charge in [0, 0.05) is 0 Å². The summed E-state index contributed by atoms with van der Waals surface area (Å²) in [4.78, 5) is 13.1. The summed E-state index contributed by atoms with van der Waals surface area (Å²) in [5.74, 6) is 0.139. The van der Waals surface area contributed by atoms with E-state index in [4.69, 9.17) is 4.74 Å².